The molecule has 0 bridgehead atoms. The summed E-state index contributed by atoms with van der Waals surface area (Å²) in [6, 6.07) is 7.81. The molecule has 0 spiro atoms. The molecule has 0 aromatic heterocycles. The van der Waals surface area contributed by atoms with Crippen molar-refractivity contribution in [3.05, 3.63) is 33.4 Å². The molecule has 92 valence electrons. The van der Waals surface area contributed by atoms with Crippen LogP contribution in [0.5, 0.6) is 0 Å². The van der Waals surface area contributed by atoms with Crippen molar-refractivity contribution >= 4 is 40.3 Å². The van der Waals surface area contributed by atoms with Crippen molar-refractivity contribution in [2.24, 2.45) is 0 Å². The zero-order chi connectivity index (χ0) is 12.5. The number of hydrogen-bond donors (Lipinski definition) is 0. The Bertz CT molecular complexity index is 433. The molecule has 1 saturated heterocycles. The summed E-state index contributed by atoms with van der Waals surface area (Å²) in [7, 11) is 0. The number of nitrogens with zero attached hydrogens (tertiary/aromatic N) is 1. The molecule has 4 heteroatoms. The van der Waals surface area contributed by atoms with Crippen molar-refractivity contribution < 1.29 is 4.79 Å². The molecule has 1 aliphatic rings. The highest BCUT2D eigenvalue weighted by atomic mass is 127. The van der Waals surface area contributed by atoms with E-state index in [2.05, 4.69) is 36.4 Å². The van der Waals surface area contributed by atoms with E-state index in [1.807, 2.05) is 40.9 Å². The lowest BCUT2D eigenvalue weighted by molar-refractivity contribution is 0.0748. The predicted molar refractivity (Wildman–Crippen MR) is 81.6 cm³/mol. The Morgan fingerprint density at radius 2 is 2.24 bits per heavy atom. The highest BCUT2D eigenvalue weighted by Gasteiger charge is 2.30. The first-order valence-corrected chi connectivity index (χ1v) is 7.73. The van der Waals surface area contributed by atoms with Gasteiger partial charge in [0, 0.05) is 32.7 Å². The van der Waals surface area contributed by atoms with Crippen LogP contribution in [0.1, 0.15) is 24.2 Å². The van der Waals surface area contributed by atoms with Crippen LogP contribution in [0.3, 0.4) is 0 Å². The molecule has 1 aromatic rings. The lowest BCUT2D eigenvalue weighted by Gasteiger charge is -2.37. The van der Waals surface area contributed by atoms with Gasteiger partial charge < -0.3 is 4.90 Å². The smallest absolute Gasteiger partial charge is 0.253 e. The minimum absolute atomic E-state index is 0.164. The van der Waals surface area contributed by atoms with Crippen LogP contribution in [0.25, 0.3) is 0 Å². The van der Waals surface area contributed by atoms with E-state index in [1.165, 1.54) is 0 Å². The fourth-order valence-electron chi connectivity index (χ4n) is 1.99. The van der Waals surface area contributed by atoms with Crippen molar-refractivity contribution in [2.45, 2.75) is 18.6 Å². The summed E-state index contributed by atoms with van der Waals surface area (Å²) in [5.74, 6) is 1.19. The highest BCUT2D eigenvalue weighted by Crippen LogP contribution is 2.30. The van der Waals surface area contributed by atoms with Crippen molar-refractivity contribution in [1.29, 1.82) is 0 Å². The zero-order valence-electron chi connectivity index (χ0n) is 10.1. The van der Waals surface area contributed by atoms with Crippen LogP contribution in [0.2, 0.25) is 0 Å². The zero-order valence-corrected chi connectivity index (χ0v) is 13.0. The maximum atomic E-state index is 12.4. The fraction of sp³-hybridized carbons (Fsp3) is 0.462. The molecular formula is C13H16INOS. The molecule has 1 aromatic carbocycles. The summed E-state index contributed by atoms with van der Waals surface area (Å²) < 4.78 is 1.29. The molecule has 1 heterocycles. The third-order valence-electron chi connectivity index (χ3n) is 2.78. The Morgan fingerprint density at radius 1 is 1.47 bits per heavy atom. The minimum Gasteiger partial charge on any atom is -0.336 e. The number of benzene rings is 1. The second-order valence-electron chi connectivity index (χ2n) is 4.85. The third kappa shape index (κ3) is 3.37. The number of amides is 1. The molecule has 0 saturated carbocycles. The monoisotopic (exact) mass is 361 g/mol. The molecule has 1 amide bonds. The van der Waals surface area contributed by atoms with Gasteiger partial charge in [0.25, 0.3) is 5.91 Å². The van der Waals surface area contributed by atoms with Crippen molar-refractivity contribution in [1.82, 2.24) is 4.90 Å². The Labute approximate surface area is 120 Å². The van der Waals surface area contributed by atoms with Crippen LogP contribution < -0.4 is 0 Å². The van der Waals surface area contributed by atoms with Crippen LogP contribution in [0.4, 0.5) is 0 Å². The fourth-order valence-corrected chi connectivity index (χ4v) is 3.65. The summed E-state index contributed by atoms with van der Waals surface area (Å²) in [4.78, 5) is 14.3. The van der Waals surface area contributed by atoms with E-state index in [9.17, 15) is 4.79 Å². The van der Waals surface area contributed by atoms with Gasteiger partial charge in [0.15, 0.2) is 0 Å². The van der Waals surface area contributed by atoms with E-state index in [-0.39, 0.29) is 10.7 Å². The molecule has 2 nitrogen and oxygen atoms in total. The maximum absolute atomic E-state index is 12.4. The maximum Gasteiger partial charge on any atom is 0.253 e. The standard InChI is InChI=1S/C13H16INOS/c1-13(2)9-15(6-7-17-13)12(16)10-4-3-5-11(14)8-10/h3-5,8H,6-7,9H2,1-2H3. The lowest BCUT2D eigenvalue weighted by atomic mass is 10.1. The topological polar surface area (TPSA) is 20.3 Å². The van der Waals surface area contributed by atoms with Gasteiger partial charge in [0.2, 0.25) is 0 Å². The number of rotatable bonds is 1. The van der Waals surface area contributed by atoms with Gasteiger partial charge in [-0.3, -0.25) is 4.79 Å². The quantitative estimate of drug-likeness (QED) is 0.716. The van der Waals surface area contributed by atoms with E-state index < -0.39 is 0 Å². The van der Waals surface area contributed by atoms with E-state index in [1.54, 1.807) is 0 Å². The van der Waals surface area contributed by atoms with Crippen LogP contribution in [0, 0.1) is 3.57 Å². The predicted octanol–water partition coefficient (Wildman–Crippen LogP) is 3.26. The molecule has 2 rings (SSSR count). The van der Waals surface area contributed by atoms with Gasteiger partial charge in [0.05, 0.1) is 0 Å². The summed E-state index contributed by atoms with van der Waals surface area (Å²) in [6.07, 6.45) is 0. The Morgan fingerprint density at radius 3 is 2.88 bits per heavy atom. The second-order valence-corrected chi connectivity index (χ2v) is 7.89. The normalized spacial score (nSPS) is 19.1. The first-order valence-electron chi connectivity index (χ1n) is 5.67. The third-order valence-corrected chi connectivity index (χ3v) is 4.75. The van der Waals surface area contributed by atoms with Crippen molar-refractivity contribution in [2.75, 3.05) is 18.8 Å². The number of carbonyl (C=O) groups is 1. The van der Waals surface area contributed by atoms with Crippen LogP contribution in [0.15, 0.2) is 24.3 Å². The second kappa shape index (κ2) is 5.18. The average molecular weight is 361 g/mol. The van der Waals surface area contributed by atoms with Crippen molar-refractivity contribution in [3.8, 4) is 0 Å². The number of halogens is 1. The molecule has 0 unspecified atom stereocenters. The van der Waals surface area contributed by atoms with E-state index in [0.29, 0.717) is 0 Å². The molecule has 0 aliphatic carbocycles. The van der Waals surface area contributed by atoms with Gasteiger partial charge in [-0.15, -0.1) is 0 Å². The van der Waals surface area contributed by atoms with E-state index >= 15 is 0 Å². The average Bonchev–Trinajstić information content (AvgIpc) is 2.26. The summed E-state index contributed by atoms with van der Waals surface area (Å²) in [5, 5.41) is 0. The first kappa shape index (κ1) is 13.2. The minimum atomic E-state index is 0.164. The molecule has 1 aliphatic heterocycles. The number of thioether (sulfide) groups is 1. The number of carbonyl (C=O) groups excluding carboxylic acids is 1. The SMILES string of the molecule is CC1(C)CN(C(=O)c2cccc(I)c2)CCS1. The molecule has 0 N–H and O–H groups in total. The van der Waals surface area contributed by atoms with E-state index in [4.69, 9.17) is 0 Å². The molecule has 17 heavy (non-hydrogen) atoms. The first-order chi connectivity index (χ1) is 7.98. The van der Waals surface area contributed by atoms with Gasteiger partial charge in [-0.05, 0) is 54.6 Å². The van der Waals surface area contributed by atoms with E-state index in [0.717, 1.165) is 28.0 Å². The Hall–Kier alpha value is -0.230. The van der Waals surface area contributed by atoms with Crippen LogP contribution in [-0.2, 0) is 0 Å². The van der Waals surface area contributed by atoms with Gasteiger partial charge in [-0.25, -0.2) is 0 Å². The van der Waals surface area contributed by atoms with Gasteiger partial charge in [-0.1, -0.05) is 6.07 Å². The summed E-state index contributed by atoms with van der Waals surface area (Å²) >= 11 is 4.19. The van der Waals surface area contributed by atoms with Gasteiger partial charge in [-0.2, -0.15) is 11.8 Å². The molecule has 1 fully saturated rings. The number of hydrogen-bond acceptors (Lipinski definition) is 2. The van der Waals surface area contributed by atoms with Gasteiger partial charge >= 0.3 is 0 Å². The lowest BCUT2D eigenvalue weighted by Crippen LogP contribution is -2.46. The molecule has 0 radical (unpaired) electrons. The largest absolute Gasteiger partial charge is 0.336 e. The van der Waals surface area contributed by atoms with Crippen molar-refractivity contribution in [3.63, 3.8) is 0 Å². The molecular weight excluding hydrogens is 345 g/mol. The summed E-state index contributed by atoms with van der Waals surface area (Å²) in [6.45, 7) is 6.10. The summed E-state index contributed by atoms with van der Waals surface area (Å²) in [5.41, 5.74) is 0.805. The van der Waals surface area contributed by atoms with Gasteiger partial charge in [0.1, 0.15) is 0 Å². The highest BCUT2D eigenvalue weighted by molar-refractivity contribution is 14.1. The molecule has 0 atom stereocenters. The Kier molecular flexibility index (Phi) is 4.02. The Balaban J connectivity index is 2.15. The van der Waals surface area contributed by atoms with Crippen LogP contribution in [-0.4, -0.2) is 34.4 Å². The van der Waals surface area contributed by atoms with Crippen LogP contribution >= 0.6 is 34.4 Å².